The molecule has 0 aliphatic rings. The largest absolute Gasteiger partial charge is 0.351 e. The first-order chi connectivity index (χ1) is 6.81. The highest BCUT2D eigenvalue weighted by atomic mass is 32.1. The van der Waals surface area contributed by atoms with Gasteiger partial charge in [-0.05, 0) is 23.8 Å². The molecule has 1 heterocycles. The third-order valence-corrected chi connectivity index (χ3v) is 2.54. The van der Waals surface area contributed by atoms with Gasteiger partial charge in [-0.2, -0.15) is 12.6 Å². The van der Waals surface area contributed by atoms with Gasteiger partial charge in [0.15, 0.2) is 0 Å². The first kappa shape index (κ1) is 9.41. The molecular formula is C12H13NS. The summed E-state index contributed by atoms with van der Waals surface area (Å²) in [5, 5.41) is 1.29. The summed E-state index contributed by atoms with van der Waals surface area (Å²) < 4.78 is 2.13. The minimum absolute atomic E-state index is 0.785. The molecule has 14 heavy (non-hydrogen) atoms. The van der Waals surface area contributed by atoms with Crippen LogP contribution in [0.25, 0.3) is 17.0 Å². The fourth-order valence-electron chi connectivity index (χ4n) is 1.59. The molecule has 1 nitrogen and oxygen atoms in total. The molecule has 0 aliphatic heterocycles. The van der Waals surface area contributed by atoms with Crippen molar-refractivity contribution >= 4 is 29.6 Å². The number of benzene rings is 1. The number of fused-ring (bicyclic) bond motifs is 1. The van der Waals surface area contributed by atoms with Crippen LogP contribution in [-0.4, -0.2) is 10.3 Å². The Morgan fingerprint density at radius 3 is 3.00 bits per heavy atom. The van der Waals surface area contributed by atoms with Crippen LogP contribution in [0, 0.1) is 0 Å². The number of nitrogens with zero attached hydrogens (tertiary/aromatic N) is 1. The van der Waals surface area contributed by atoms with Crippen molar-refractivity contribution in [2.45, 2.75) is 0 Å². The molecule has 0 bridgehead atoms. The Kier molecular flexibility index (Phi) is 2.64. The minimum Gasteiger partial charge on any atom is -0.351 e. The number of hydrogen-bond acceptors (Lipinski definition) is 1. The van der Waals surface area contributed by atoms with Crippen LogP contribution in [0.5, 0.6) is 0 Å². The Balaban J connectivity index is 2.47. The van der Waals surface area contributed by atoms with Crippen molar-refractivity contribution in [2.24, 2.45) is 7.05 Å². The topological polar surface area (TPSA) is 4.93 Å². The van der Waals surface area contributed by atoms with Crippen LogP contribution in [0.15, 0.2) is 36.5 Å². The molecule has 0 spiro atoms. The highest BCUT2D eigenvalue weighted by Gasteiger charge is 1.96. The molecule has 2 aromatic rings. The molecule has 1 aromatic heterocycles. The minimum atomic E-state index is 0.785. The van der Waals surface area contributed by atoms with Crippen LogP contribution in [-0.2, 0) is 7.05 Å². The predicted octanol–water partition coefficient (Wildman–Crippen LogP) is 3.12. The summed E-state index contributed by atoms with van der Waals surface area (Å²) in [5.74, 6) is 0.785. The van der Waals surface area contributed by atoms with Crippen LogP contribution < -0.4 is 0 Å². The molecule has 0 saturated heterocycles. The van der Waals surface area contributed by atoms with Crippen molar-refractivity contribution in [3.05, 3.63) is 42.1 Å². The number of thiol groups is 1. The van der Waals surface area contributed by atoms with Crippen LogP contribution >= 0.6 is 12.6 Å². The summed E-state index contributed by atoms with van der Waals surface area (Å²) >= 11 is 4.14. The summed E-state index contributed by atoms with van der Waals surface area (Å²) in [4.78, 5) is 0. The smallest absolute Gasteiger partial charge is 0.0478 e. The molecule has 0 radical (unpaired) electrons. The van der Waals surface area contributed by atoms with Crippen molar-refractivity contribution in [3.8, 4) is 0 Å². The standard InChI is InChI=1S/C12H13NS/c1-13-7-6-11-9-10(3-2-8-14)4-5-12(11)13/h2-7,9,14H,8H2,1H3. The third-order valence-electron chi connectivity index (χ3n) is 2.32. The van der Waals surface area contributed by atoms with Gasteiger partial charge in [-0.1, -0.05) is 18.2 Å². The van der Waals surface area contributed by atoms with Gasteiger partial charge in [-0.25, -0.2) is 0 Å². The van der Waals surface area contributed by atoms with E-state index >= 15 is 0 Å². The van der Waals surface area contributed by atoms with Gasteiger partial charge in [0.05, 0.1) is 0 Å². The quantitative estimate of drug-likeness (QED) is 0.716. The van der Waals surface area contributed by atoms with E-state index in [9.17, 15) is 0 Å². The monoisotopic (exact) mass is 203 g/mol. The van der Waals surface area contributed by atoms with Crippen LogP contribution in [0.3, 0.4) is 0 Å². The number of aryl methyl sites for hydroxylation is 1. The van der Waals surface area contributed by atoms with E-state index in [4.69, 9.17) is 0 Å². The van der Waals surface area contributed by atoms with Crippen molar-refractivity contribution in [1.29, 1.82) is 0 Å². The summed E-state index contributed by atoms with van der Waals surface area (Å²) in [5.41, 5.74) is 2.51. The van der Waals surface area contributed by atoms with E-state index in [2.05, 4.69) is 60.8 Å². The van der Waals surface area contributed by atoms with E-state index in [1.54, 1.807) is 0 Å². The number of rotatable bonds is 2. The van der Waals surface area contributed by atoms with Gasteiger partial charge in [-0.3, -0.25) is 0 Å². The van der Waals surface area contributed by atoms with Gasteiger partial charge in [0.25, 0.3) is 0 Å². The van der Waals surface area contributed by atoms with Gasteiger partial charge >= 0.3 is 0 Å². The Morgan fingerprint density at radius 2 is 2.21 bits per heavy atom. The molecule has 1 aromatic carbocycles. The summed E-state index contributed by atoms with van der Waals surface area (Å²) in [6.45, 7) is 0. The fraction of sp³-hybridized carbons (Fsp3) is 0.167. The lowest BCUT2D eigenvalue weighted by Gasteiger charge is -1.97. The Labute approximate surface area is 89.5 Å². The van der Waals surface area contributed by atoms with Gasteiger partial charge in [0.2, 0.25) is 0 Å². The second-order valence-corrected chi connectivity index (χ2v) is 3.69. The maximum atomic E-state index is 4.14. The van der Waals surface area contributed by atoms with Crippen molar-refractivity contribution in [1.82, 2.24) is 4.57 Å². The van der Waals surface area contributed by atoms with Crippen molar-refractivity contribution < 1.29 is 0 Å². The predicted molar refractivity (Wildman–Crippen MR) is 65.8 cm³/mol. The van der Waals surface area contributed by atoms with E-state index in [1.807, 2.05) is 6.08 Å². The second-order valence-electron chi connectivity index (χ2n) is 3.33. The van der Waals surface area contributed by atoms with Gasteiger partial charge in [-0.15, -0.1) is 0 Å². The van der Waals surface area contributed by atoms with E-state index in [-0.39, 0.29) is 0 Å². The molecule has 0 amide bonds. The SMILES string of the molecule is Cn1ccc2cc(C=CCS)ccc21. The average molecular weight is 203 g/mol. The zero-order chi connectivity index (χ0) is 9.97. The summed E-state index contributed by atoms with van der Waals surface area (Å²) in [6, 6.07) is 8.60. The van der Waals surface area contributed by atoms with Crippen LogP contribution in [0.2, 0.25) is 0 Å². The molecular weight excluding hydrogens is 190 g/mol. The molecule has 2 rings (SSSR count). The molecule has 0 atom stereocenters. The highest BCUT2D eigenvalue weighted by Crippen LogP contribution is 2.17. The molecule has 0 fully saturated rings. The lowest BCUT2D eigenvalue weighted by molar-refractivity contribution is 0.969. The van der Waals surface area contributed by atoms with Crippen molar-refractivity contribution in [2.75, 3.05) is 5.75 Å². The molecule has 0 unspecified atom stereocenters. The summed E-state index contributed by atoms with van der Waals surface area (Å²) in [7, 11) is 2.06. The first-order valence-electron chi connectivity index (χ1n) is 4.64. The fourth-order valence-corrected chi connectivity index (χ4v) is 1.70. The molecule has 0 saturated carbocycles. The maximum Gasteiger partial charge on any atom is 0.0478 e. The van der Waals surface area contributed by atoms with Gasteiger partial charge in [0.1, 0.15) is 0 Å². The lowest BCUT2D eigenvalue weighted by Crippen LogP contribution is -1.83. The Hall–Kier alpha value is -1.15. The van der Waals surface area contributed by atoms with E-state index < -0.39 is 0 Å². The van der Waals surface area contributed by atoms with E-state index in [0.29, 0.717) is 0 Å². The molecule has 0 aliphatic carbocycles. The lowest BCUT2D eigenvalue weighted by atomic mass is 10.1. The van der Waals surface area contributed by atoms with Crippen LogP contribution in [0.4, 0.5) is 0 Å². The molecule has 2 heteroatoms. The second kappa shape index (κ2) is 3.93. The third kappa shape index (κ3) is 1.70. The van der Waals surface area contributed by atoms with Gasteiger partial charge in [0, 0.05) is 29.9 Å². The first-order valence-corrected chi connectivity index (χ1v) is 5.27. The van der Waals surface area contributed by atoms with Gasteiger partial charge < -0.3 is 4.57 Å². The zero-order valence-electron chi connectivity index (χ0n) is 8.14. The normalized spacial score (nSPS) is 11.6. The van der Waals surface area contributed by atoms with E-state index in [0.717, 1.165) is 5.75 Å². The highest BCUT2D eigenvalue weighted by molar-refractivity contribution is 7.80. The zero-order valence-corrected chi connectivity index (χ0v) is 9.04. The Morgan fingerprint density at radius 1 is 1.36 bits per heavy atom. The summed E-state index contributed by atoms with van der Waals surface area (Å²) in [6.07, 6.45) is 6.23. The average Bonchev–Trinajstić information content (AvgIpc) is 2.57. The Bertz CT molecular complexity index is 468. The number of hydrogen-bond donors (Lipinski definition) is 1. The van der Waals surface area contributed by atoms with E-state index in [1.165, 1.54) is 16.5 Å². The molecule has 0 N–H and O–H groups in total. The maximum absolute atomic E-state index is 4.14. The molecule has 72 valence electrons. The van der Waals surface area contributed by atoms with Crippen LogP contribution in [0.1, 0.15) is 5.56 Å². The number of aromatic nitrogens is 1. The van der Waals surface area contributed by atoms with Crippen molar-refractivity contribution in [3.63, 3.8) is 0 Å².